The lowest BCUT2D eigenvalue weighted by atomic mass is 9.90. The first kappa shape index (κ1) is 24.9. The molecule has 33 heavy (non-hydrogen) atoms. The topological polar surface area (TPSA) is 68.6 Å². The van der Waals surface area contributed by atoms with Crippen molar-refractivity contribution in [3.05, 3.63) is 76.8 Å². The lowest BCUT2D eigenvalue weighted by Gasteiger charge is -2.25. The van der Waals surface area contributed by atoms with Crippen LogP contribution >= 0.6 is 0 Å². The molecule has 0 spiro atoms. The van der Waals surface area contributed by atoms with Crippen LogP contribution in [-0.4, -0.2) is 40.9 Å². The van der Waals surface area contributed by atoms with E-state index in [0.717, 1.165) is 60.3 Å². The number of nitrogens with zero attached hydrogens (tertiary/aromatic N) is 2. The molecule has 5 nitrogen and oxygen atoms in total. The van der Waals surface area contributed by atoms with Gasteiger partial charge in [-0.2, -0.15) is 0 Å². The Morgan fingerprint density at radius 3 is 2.67 bits per heavy atom. The average molecular weight is 454 g/mol. The van der Waals surface area contributed by atoms with Gasteiger partial charge in [-0.05, 0) is 73.1 Å². The third-order valence-electron chi connectivity index (χ3n) is 6.14. The van der Waals surface area contributed by atoms with Crippen LogP contribution in [0.2, 0.25) is 0 Å². The largest absolute Gasteiger partial charge is 0.396 e. The van der Waals surface area contributed by atoms with E-state index in [0.29, 0.717) is 12.2 Å². The summed E-state index contributed by atoms with van der Waals surface area (Å²) in [7, 11) is 0. The highest BCUT2D eigenvalue weighted by Gasteiger charge is 2.25. The summed E-state index contributed by atoms with van der Waals surface area (Å²) in [5.41, 5.74) is 5.10. The van der Waals surface area contributed by atoms with Crippen molar-refractivity contribution in [1.82, 2.24) is 4.98 Å². The Labute approximate surface area is 196 Å². The Hall–Kier alpha value is -2.70. The maximum Gasteiger partial charge on any atom is 0.141 e. The number of allylic oxidation sites excluding steroid dienone is 2. The molecule has 1 aliphatic carbocycles. The molecule has 0 amide bonds. The number of rotatable bonds is 7. The molecule has 1 aromatic carbocycles. The molecule has 6 heteroatoms. The number of benzene rings is 1. The van der Waals surface area contributed by atoms with Gasteiger partial charge in [0.05, 0.1) is 6.20 Å². The van der Waals surface area contributed by atoms with Crippen LogP contribution in [0.4, 0.5) is 15.9 Å². The third kappa shape index (κ3) is 6.21. The molecule has 0 radical (unpaired) electrons. The highest BCUT2D eigenvalue weighted by atomic mass is 19.1. The molecule has 2 aromatic rings. The van der Waals surface area contributed by atoms with Crippen LogP contribution in [0.1, 0.15) is 57.3 Å². The van der Waals surface area contributed by atoms with Gasteiger partial charge in [0.1, 0.15) is 17.7 Å². The molecule has 2 heterocycles. The van der Waals surface area contributed by atoms with Crippen molar-refractivity contribution in [2.24, 2.45) is 0 Å². The smallest absolute Gasteiger partial charge is 0.141 e. The number of pyridine rings is 1. The number of hydrogen-bond acceptors (Lipinski definition) is 5. The molecule has 4 rings (SSSR count). The van der Waals surface area contributed by atoms with Crippen LogP contribution in [0.15, 0.2) is 59.8 Å². The van der Waals surface area contributed by atoms with Gasteiger partial charge in [-0.3, -0.25) is 0 Å². The van der Waals surface area contributed by atoms with E-state index in [2.05, 4.69) is 33.4 Å². The normalized spacial score (nSPS) is 18.7. The second-order valence-corrected chi connectivity index (χ2v) is 8.33. The van der Waals surface area contributed by atoms with Crippen molar-refractivity contribution in [2.75, 3.05) is 29.9 Å². The fraction of sp³-hybridized carbons (Fsp3) is 0.444. The molecular formula is C27H36FN3O2. The Morgan fingerprint density at radius 1 is 1.18 bits per heavy atom. The molecule has 2 aliphatic rings. The van der Waals surface area contributed by atoms with Crippen LogP contribution in [-0.2, 0) is 6.42 Å². The number of aromatic nitrogens is 1. The van der Waals surface area contributed by atoms with E-state index in [4.69, 9.17) is 0 Å². The molecule has 2 unspecified atom stereocenters. The van der Waals surface area contributed by atoms with Crippen molar-refractivity contribution in [2.45, 2.75) is 58.6 Å². The summed E-state index contributed by atoms with van der Waals surface area (Å²) in [6.07, 6.45) is 8.33. The summed E-state index contributed by atoms with van der Waals surface area (Å²) in [5, 5.41) is 24.0. The highest BCUT2D eigenvalue weighted by molar-refractivity contribution is 5.58. The zero-order valence-electron chi connectivity index (χ0n) is 19.9. The van der Waals surface area contributed by atoms with Gasteiger partial charge in [0.15, 0.2) is 0 Å². The van der Waals surface area contributed by atoms with E-state index in [9.17, 15) is 14.6 Å². The van der Waals surface area contributed by atoms with Crippen LogP contribution < -0.4 is 10.2 Å². The maximum atomic E-state index is 13.1. The summed E-state index contributed by atoms with van der Waals surface area (Å²) in [6, 6.07) is 9.36. The van der Waals surface area contributed by atoms with E-state index in [1.807, 2.05) is 32.9 Å². The molecule has 3 N–H and O–H groups in total. The fourth-order valence-electron chi connectivity index (χ4n) is 4.50. The molecule has 1 fully saturated rings. The van der Waals surface area contributed by atoms with Gasteiger partial charge >= 0.3 is 0 Å². The SMILES string of the molecule is CC.CC1=CCCC=C1C(O)c1ccc(N2CCC(Nc3ccc(F)cn3)C2)c(CCO)c1. The predicted octanol–water partition coefficient (Wildman–Crippen LogP) is 5.17. The Kier molecular flexibility index (Phi) is 9.03. The summed E-state index contributed by atoms with van der Waals surface area (Å²) in [5.74, 6) is 0.329. The minimum atomic E-state index is -0.652. The first-order valence-corrected chi connectivity index (χ1v) is 12.0. The number of aliphatic hydroxyl groups excluding tert-OH is 2. The highest BCUT2D eigenvalue weighted by Crippen LogP contribution is 2.34. The second-order valence-electron chi connectivity index (χ2n) is 8.33. The summed E-state index contributed by atoms with van der Waals surface area (Å²) in [6.45, 7) is 7.78. The summed E-state index contributed by atoms with van der Waals surface area (Å²) < 4.78 is 13.1. The standard InChI is InChI=1S/C25H30FN3O2.C2H6/c1-17-4-2-3-5-22(17)25(31)19-6-8-23(18(14-19)11-13-30)29-12-10-21(16-29)28-24-9-7-20(26)15-27-24;1-2/h4-9,14-15,21,25,30-31H,2-3,10-13,16H2,1H3,(H,27,28);1-2H3. The monoisotopic (exact) mass is 453 g/mol. The molecule has 2 atom stereocenters. The van der Waals surface area contributed by atoms with Gasteiger partial charge in [-0.25, -0.2) is 9.37 Å². The second kappa shape index (κ2) is 12.0. The molecule has 1 aromatic heterocycles. The number of halogens is 1. The number of anilines is 2. The zero-order valence-corrected chi connectivity index (χ0v) is 19.9. The molecular weight excluding hydrogens is 417 g/mol. The van der Waals surface area contributed by atoms with Gasteiger partial charge in [-0.15, -0.1) is 0 Å². The molecule has 0 saturated carbocycles. The van der Waals surface area contributed by atoms with Gasteiger partial charge in [0.25, 0.3) is 0 Å². The van der Waals surface area contributed by atoms with E-state index >= 15 is 0 Å². The predicted molar refractivity (Wildman–Crippen MR) is 133 cm³/mol. The van der Waals surface area contributed by atoms with Crippen molar-refractivity contribution in [1.29, 1.82) is 0 Å². The molecule has 0 bridgehead atoms. The van der Waals surface area contributed by atoms with Crippen LogP contribution in [0, 0.1) is 5.82 Å². The fourth-order valence-corrected chi connectivity index (χ4v) is 4.50. The molecule has 1 saturated heterocycles. The van der Waals surface area contributed by atoms with Gasteiger partial charge in [0, 0.05) is 31.4 Å². The molecule has 178 valence electrons. The first-order valence-electron chi connectivity index (χ1n) is 12.0. The van der Waals surface area contributed by atoms with Crippen LogP contribution in [0.25, 0.3) is 0 Å². The van der Waals surface area contributed by atoms with E-state index < -0.39 is 6.10 Å². The first-order chi connectivity index (χ1) is 16.0. The lowest BCUT2D eigenvalue weighted by Crippen LogP contribution is -2.27. The Bertz CT molecular complexity index is 972. The van der Waals surface area contributed by atoms with Crippen LogP contribution in [0.5, 0.6) is 0 Å². The van der Waals surface area contributed by atoms with Crippen molar-refractivity contribution in [3.8, 4) is 0 Å². The molecule has 1 aliphatic heterocycles. The number of aliphatic hydroxyl groups is 2. The minimum Gasteiger partial charge on any atom is -0.396 e. The van der Waals surface area contributed by atoms with Gasteiger partial charge in [-0.1, -0.05) is 38.1 Å². The zero-order chi connectivity index (χ0) is 23.8. The quantitative estimate of drug-likeness (QED) is 0.539. The number of nitrogens with one attached hydrogen (secondary N) is 1. The van der Waals surface area contributed by atoms with Crippen LogP contribution in [0.3, 0.4) is 0 Å². The van der Waals surface area contributed by atoms with E-state index in [-0.39, 0.29) is 18.5 Å². The van der Waals surface area contributed by atoms with E-state index in [1.165, 1.54) is 12.3 Å². The lowest BCUT2D eigenvalue weighted by molar-refractivity contribution is 0.217. The van der Waals surface area contributed by atoms with Gasteiger partial charge in [0.2, 0.25) is 0 Å². The van der Waals surface area contributed by atoms with Crippen molar-refractivity contribution in [3.63, 3.8) is 0 Å². The minimum absolute atomic E-state index is 0.0587. The number of hydrogen-bond donors (Lipinski definition) is 3. The van der Waals surface area contributed by atoms with Crippen molar-refractivity contribution < 1.29 is 14.6 Å². The Balaban J connectivity index is 0.00000149. The van der Waals surface area contributed by atoms with E-state index in [1.54, 1.807) is 6.07 Å². The van der Waals surface area contributed by atoms with Crippen molar-refractivity contribution >= 4 is 11.5 Å². The van der Waals surface area contributed by atoms with Gasteiger partial charge < -0.3 is 20.4 Å². The Morgan fingerprint density at radius 2 is 1.97 bits per heavy atom. The maximum absolute atomic E-state index is 13.1. The summed E-state index contributed by atoms with van der Waals surface area (Å²) in [4.78, 5) is 6.39. The summed E-state index contributed by atoms with van der Waals surface area (Å²) >= 11 is 0. The third-order valence-corrected chi connectivity index (χ3v) is 6.14. The average Bonchev–Trinajstić information content (AvgIpc) is 3.30.